The maximum absolute atomic E-state index is 6.00. The van der Waals surface area contributed by atoms with E-state index in [0.717, 1.165) is 39.6 Å². The molecule has 22 heavy (non-hydrogen) atoms. The first-order chi connectivity index (χ1) is 10.5. The second-order valence-electron chi connectivity index (χ2n) is 5.88. The van der Waals surface area contributed by atoms with E-state index in [-0.39, 0.29) is 6.10 Å². The molecule has 2 heterocycles. The fourth-order valence-corrected chi connectivity index (χ4v) is 2.55. The lowest BCUT2D eigenvalue weighted by Crippen LogP contribution is -2.05. The smallest absolute Gasteiger partial charge is 0.138 e. The largest absolute Gasteiger partial charge is 0.491 e. The second kappa shape index (κ2) is 5.37. The third kappa shape index (κ3) is 2.52. The fourth-order valence-electron chi connectivity index (χ4n) is 2.55. The maximum atomic E-state index is 6.00. The Labute approximate surface area is 130 Å². The molecule has 114 valence electrons. The highest BCUT2D eigenvalue weighted by Crippen LogP contribution is 2.27. The topological polar surface area (TPSA) is 52.5 Å². The first kappa shape index (κ1) is 14.4. The van der Waals surface area contributed by atoms with Gasteiger partial charge in [0.1, 0.15) is 11.4 Å². The summed E-state index contributed by atoms with van der Waals surface area (Å²) in [5.74, 6) is 0.875. The van der Waals surface area contributed by atoms with E-state index in [9.17, 15) is 0 Å². The molecule has 0 aliphatic heterocycles. The molecule has 0 amide bonds. The van der Waals surface area contributed by atoms with E-state index in [1.165, 1.54) is 0 Å². The van der Waals surface area contributed by atoms with E-state index in [0.29, 0.717) is 0 Å². The van der Waals surface area contributed by atoms with Gasteiger partial charge >= 0.3 is 0 Å². The Morgan fingerprint density at radius 2 is 1.82 bits per heavy atom. The summed E-state index contributed by atoms with van der Waals surface area (Å²) >= 11 is 0. The number of fused-ring (bicyclic) bond motifs is 1. The van der Waals surface area contributed by atoms with Crippen molar-refractivity contribution in [2.75, 3.05) is 5.73 Å². The van der Waals surface area contributed by atoms with Crippen molar-refractivity contribution in [3.63, 3.8) is 0 Å². The van der Waals surface area contributed by atoms with Crippen molar-refractivity contribution in [1.82, 2.24) is 9.38 Å². The van der Waals surface area contributed by atoms with E-state index >= 15 is 0 Å². The van der Waals surface area contributed by atoms with Gasteiger partial charge in [0.25, 0.3) is 0 Å². The molecule has 4 heteroatoms. The fraction of sp³-hybridized carbons (Fsp3) is 0.278. The van der Waals surface area contributed by atoms with Crippen LogP contribution in [0.15, 0.2) is 36.5 Å². The number of benzene rings is 1. The Morgan fingerprint density at radius 1 is 1.14 bits per heavy atom. The first-order valence-corrected chi connectivity index (χ1v) is 7.47. The van der Waals surface area contributed by atoms with Gasteiger partial charge in [-0.15, -0.1) is 0 Å². The average molecular weight is 295 g/mol. The van der Waals surface area contributed by atoms with Crippen molar-refractivity contribution < 1.29 is 4.74 Å². The van der Waals surface area contributed by atoms with Crippen LogP contribution in [-0.4, -0.2) is 15.5 Å². The summed E-state index contributed by atoms with van der Waals surface area (Å²) in [6, 6.07) is 10.1. The summed E-state index contributed by atoms with van der Waals surface area (Å²) in [5.41, 5.74) is 11.9. The number of aryl methyl sites for hydroxylation is 2. The van der Waals surface area contributed by atoms with Gasteiger partial charge in [-0.25, -0.2) is 4.98 Å². The summed E-state index contributed by atoms with van der Waals surface area (Å²) < 4.78 is 7.72. The molecule has 0 aliphatic rings. The summed E-state index contributed by atoms with van der Waals surface area (Å²) in [7, 11) is 0. The predicted octanol–water partition coefficient (Wildman–Crippen LogP) is 3.99. The van der Waals surface area contributed by atoms with Crippen LogP contribution >= 0.6 is 0 Å². The molecule has 0 saturated heterocycles. The molecule has 0 radical (unpaired) electrons. The molecular weight excluding hydrogens is 274 g/mol. The lowest BCUT2D eigenvalue weighted by atomic mass is 10.1. The third-order valence-corrected chi connectivity index (χ3v) is 3.75. The minimum absolute atomic E-state index is 0.175. The molecule has 0 saturated carbocycles. The minimum Gasteiger partial charge on any atom is -0.491 e. The SMILES string of the molecule is Cc1cc2nc(-c3ccc(OC(C)C)cc3)c(C)n2cc1N. The Balaban J connectivity index is 2.04. The van der Waals surface area contributed by atoms with Crippen LogP contribution in [0.25, 0.3) is 16.9 Å². The van der Waals surface area contributed by atoms with Crippen molar-refractivity contribution in [2.24, 2.45) is 0 Å². The lowest BCUT2D eigenvalue weighted by molar-refractivity contribution is 0.242. The molecule has 0 bridgehead atoms. The van der Waals surface area contributed by atoms with Crippen LogP contribution in [-0.2, 0) is 0 Å². The molecule has 0 fully saturated rings. The summed E-state index contributed by atoms with van der Waals surface area (Å²) in [6.45, 7) is 8.10. The molecular formula is C18H21N3O. The van der Waals surface area contributed by atoms with Crippen LogP contribution in [0, 0.1) is 13.8 Å². The minimum atomic E-state index is 0.175. The standard InChI is InChI=1S/C18H21N3O/c1-11(2)22-15-7-5-14(6-8-15)18-13(4)21-10-16(19)12(3)9-17(21)20-18/h5-11H,19H2,1-4H3. The molecule has 1 aromatic carbocycles. The molecule has 2 aromatic heterocycles. The van der Waals surface area contributed by atoms with Crippen LogP contribution in [0.2, 0.25) is 0 Å². The quantitative estimate of drug-likeness (QED) is 0.795. The van der Waals surface area contributed by atoms with Gasteiger partial charge in [-0.1, -0.05) is 0 Å². The van der Waals surface area contributed by atoms with Crippen molar-refractivity contribution >= 4 is 11.3 Å². The predicted molar refractivity (Wildman–Crippen MR) is 90.3 cm³/mol. The summed E-state index contributed by atoms with van der Waals surface area (Å²) in [6.07, 6.45) is 2.11. The van der Waals surface area contributed by atoms with E-state index in [1.807, 2.05) is 61.7 Å². The normalized spacial score (nSPS) is 11.3. The zero-order valence-corrected chi connectivity index (χ0v) is 13.4. The van der Waals surface area contributed by atoms with Gasteiger partial charge in [0.05, 0.1) is 17.5 Å². The van der Waals surface area contributed by atoms with Gasteiger partial charge in [-0.3, -0.25) is 0 Å². The van der Waals surface area contributed by atoms with Crippen molar-refractivity contribution in [3.8, 4) is 17.0 Å². The van der Waals surface area contributed by atoms with Crippen molar-refractivity contribution in [2.45, 2.75) is 33.8 Å². The molecule has 0 spiro atoms. The number of hydrogen-bond acceptors (Lipinski definition) is 3. The zero-order valence-electron chi connectivity index (χ0n) is 13.4. The number of nitrogens with zero attached hydrogens (tertiary/aromatic N) is 2. The number of aromatic nitrogens is 2. The number of nitrogen functional groups attached to an aromatic ring is 1. The number of rotatable bonds is 3. The molecule has 0 atom stereocenters. The number of pyridine rings is 1. The first-order valence-electron chi connectivity index (χ1n) is 7.47. The van der Waals surface area contributed by atoms with Crippen LogP contribution in [0.3, 0.4) is 0 Å². The Morgan fingerprint density at radius 3 is 2.45 bits per heavy atom. The second-order valence-corrected chi connectivity index (χ2v) is 5.88. The van der Waals surface area contributed by atoms with Crippen LogP contribution in [0.5, 0.6) is 5.75 Å². The number of anilines is 1. The molecule has 3 aromatic rings. The van der Waals surface area contributed by atoms with Crippen molar-refractivity contribution in [1.29, 1.82) is 0 Å². The molecule has 0 unspecified atom stereocenters. The van der Waals surface area contributed by atoms with Gasteiger partial charge in [-0.2, -0.15) is 0 Å². The zero-order chi connectivity index (χ0) is 15.9. The summed E-state index contributed by atoms with van der Waals surface area (Å²) in [5, 5.41) is 0. The Bertz CT molecular complexity index is 816. The lowest BCUT2D eigenvalue weighted by Gasteiger charge is -2.09. The molecule has 3 rings (SSSR count). The van der Waals surface area contributed by atoms with Gasteiger partial charge in [0.2, 0.25) is 0 Å². The van der Waals surface area contributed by atoms with E-state index in [2.05, 4.69) is 6.92 Å². The van der Waals surface area contributed by atoms with E-state index in [1.54, 1.807) is 0 Å². The number of nitrogens with two attached hydrogens (primary N) is 1. The monoisotopic (exact) mass is 295 g/mol. The number of hydrogen-bond donors (Lipinski definition) is 1. The van der Waals surface area contributed by atoms with E-state index < -0.39 is 0 Å². The van der Waals surface area contributed by atoms with Crippen molar-refractivity contribution in [3.05, 3.63) is 47.8 Å². The van der Waals surface area contributed by atoms with E-state index in [4.69, 9.17) is 15.5 Å². The molecule has 4 nitrogen and oxygen atoms in total. The maximum Gasteiger partial charge on any atom is 0.138 e. The highest BCUT2D eigenvalue weighted by Gasteiger charge is 2.11. The van der Waals surface area contributed by atoms with Gasteiger partial charge in [0.15, 0.2) is 0 Å². The van der Waals surface area contributed by atoms with Gasteiger partial charge in [0, 0.05) is 17.5 Å². The Hall–Kier alpha value is -2.49. The van der Waals surface area contributed by atoms with Crippen LogP contribution in [0.4, 0.5) is 5.69 Å². The highest BCUT2D eigenvalue weighted by atomic mass is 16.5. The highest BCUT2D eigenvalue weighted by molar-refractivity contribution is 5.68. The number of ether oxygens (including phenoxy) is 1. The summed E-state index contributed by atoms with van der Waals surface area (Å²) in [4.78, 5) is 4.74. The van der Waals surface area contributed by atoms with Gasteiger partial charge in [-0.05, 0) is 63.6 Å². The molecule has 0 aliphatic carbocycles. The van der Waals surface area contributed by atoms with Crippen LogP contribution < -0.4 is 10.5 Å². The van der Waals surface area contributed by atoms with Gasteiger partial charge < -0.3 is 14.9 Å². The number of imidazole rings is 1. The average Bonchev–Trinajstić information content (AvgIpc) is 2.77. The third-order valence-electron chi connectivity index (χ3n) is 3.75. The Kier molecular flexibility index (Phi) is 3.53. The van der Waals surface area contributed by atoms with Crippen LogP contribution in [0.1, 0.15) is 25.1 Å². The molecule has 2 N–H and O–H groups in total.